The Labute approximate surface area is 373 Å². The monoisotopic (exact) mass is 870 g/mol. The summed E-state index contributed by atoms with van der Waals surface area (Å²) < 4.78 is 34.7. The standard InChI is InChI=1S/C51H100NO7P/c1-6-8-10-12-14-16-18-20-22-23-24-25-26-27-28-29-30-32-34-36-38-40-42-44-51(53)59-50(49-58-60(54,55)57-47-45-52(3,4)5)48-56-46-43-41-39-37-35-33-31-21-19-17-15-13-11-9-7-2/h13,15,19,21,50H,6-12,14,16-18,20,22-49H2,1-5H3/b15-13-,21-19-. The predicted octanol–water partition coefficient (Wildman–Crippen LogP) is 14.9. The molecule has 2 atom stereocenters. The van der Waals surface area contributed by atoms with Gasteiger partial charge in [0.05, 0.1) is 34.4 Å². The summed E-state index contributed by atoms with van der Waals surface area (Å²) in [5, 5.41) is 0. The highest BCUT2D eigenvalue weighted by Crippen LogP contribution is 2.38. The highest BCUT2D eigenvalue weighted by atomic mass is 31.2. The van der Waals surface area contributed by atoms with Gasteiger partial charge in [-0.05, 0) is 38.5 Å². The highest BCUT2D eigenvalue weighted by molar-refractivity contribution is 7.45. The number of rotatable bonds is 48. The molecule has 0 fully saturated rings. The van der Waals surface area contributed by atoms with Crippen LogP contribution in [0.1, 0.15) is 239 Å². The van der Waals surface area contributed by atoms with Gasteiger partial charge in [0.2, 0.25) is 0 Å². The molecular formula is C51H100NO7P. The molecule has 0 amide bonds. The van der Waals surface area contributed by atoms with Gasteiger partial charge in [-0.1, -0.05) is 218 Å². The zero-order valence-corrected chi connectivity index (χ0v) is 41.3. The Kier molecular flexibility index (Phi) is 43.8. The molecule has 356 valence electrons. The molecule has 9 heteroatoms. The van der Waals surface area contributed by atoms with Crippen LogP contribution >= 0.6 is 7.82 Å². The number of quaternary nitrogens is 1. The summed E-state index contributed by atoms with van der Waals surface area (Å²) in [5.74, 6) is -0.333. The summed E-state index contributed by atoms with van der Waals surface area (Å²) in [6.45, 7) is 5.39. The second-order valence-corrected chi connectivity index (χ2v) is 19.9. The van der Waals surface area contributed by atoms with Crippen molar-refractivity contribution < 1.29 is 37.3 Å². The summed E-state index contributed by atoms with van der Waals surface area (Å²) in [4.78, 5) is 25.2. The molecule has 0 aliphatic rings. The van der Waals surface area contributed by atoms with E-state index in [1.54, 1.807) is 0 Å². The van der Waals surface area contributed by atoms with Crippen LogP contribution in [0, 0.1) is 0 Å². The van der Waals surface area contributed by atoms with Crippen molar-refractivity contribution in [3.63, 3.8) is 0 Å². The third-order valence-corrected chi connectivity index (χ3v) is 12.2. The first kappa shape index (κ1) is 59.0. The van der Waals surface area contributed by atoms with Crippen molar-refractivity contribution in [3.05, 3.63) is 24.3 Å². The molecule has 0 saturated heterocycles. The number of phosphoric acid groups is 1. The summed E-state index contributed by atoms with van der Waals surface area (Å²) in [6.07, 6.45) is 52.0. The molecule has 60 heavy (non-hydrogen) atoms. The van der Waals surface area contributed by atoms with E-state index in [4.69, 9.17) is 18.5 Å². The molecule has 0 aliphatic heterocycles. The molecule has 0 aromatic carbocycles. The van der Waals surface area contributed by atoms with Gasteiger partial charge < -0.3 is 27.9 Å². The number of likely N-dealkylation sites (N-methyl/N-ethyl adjacent to an activating group) is 1. The number of esters is 1. The fourth-order valence-electron chi connectivity index (χ4n) is 7.27. The van der Waals surface area contributed by atoms with Crippen LogP contribution in [0.5, 0.6) is 0 Å². The lowest BCUT2D eigenvalue weighted by molar-refractivity contribution is -0.870. The Morgan fingerprint density at radius 1 is 0.517 bits per heavy atom. The summed E-state index contributed by atoms with van der Waals surface area (Å²) in [7, 11) is 1.36. The van der Waals surface area contributed by atoms with Crippen LogP contribution in [0.3, 0.4) is 0 Å². The van der Waals surface area contributed by atoms with Gasteiger partial charge in [0.25, 0.3) is 7.82 Å². The first-order valence-corrected chi connectivity index (χ1v) is 27.0. The van der Waals surface area contributed by atoms with Crippen LogP contribution in [0.2, 0.25) is 0 Å². The normalized spacial score (nSPS) is 13.8. The van der Waals surface area contributed by atoms with Crippen LogP contribution in [0.25, 0.3) is 0 Å². The van der Waals surface area contributed by atoms with E-state index in [0.717, 1.165) is 51.4 Å². The van der Waals surface area contributed by atoms with E-state index in [-0.39, 0.29) is 25.8 Å². The Morgan fingerprint density at radius 2 is 0.933 bits per heavy atom. The molecule has 8 nitrogen and oxygen atoms in total. The minimum atomic E-state index is -4.53. The van der Waals surface area contributed by atoms with Crippen molar-refractivity contribution in [1.82, 2.24) is 0 Å². The Morgan fingerprint density at radius 3 is 1.40 bits per heavy atom. The smallest absolute Gasteiger partial charge is 0.306 e. The SMILES string of the molecule is CCCC/C=C\C/C=C\CCCCCCCCOCC(COP(=O)([O-])OCC[N+](C)(C)C)OC(=O)CCCCCCCCCCCCCCCCCCCCCCCCC. The summed E-state index contributed by atoms with van der Waals surface area (Å²) in [5.41, 5.74) is 0. The average Bonchev–Trinajstić information content (AvgIpc) is 3.20. The molecule has 0 aromatic rings. The zero-order chi connectivity index (χ0) is 44.1. The first-order chi connectivity index (χ1) is 29.1. The molecule has 0 radical (unpaired) electrons. The maximum Gasteiger partial charge on any atom is 0.306 e. The molecule has 0 heterocycles. The van der Waals surface area contributed by atoms with Crippen LogP contribution in [0.15, 0.2) is 24.3 Å². The van der Waals surface area contributed by atoms with E-state index in [2.05, 4.69) is 38.2 Å². The van der Waals surface area contributed by atoms with Gasteiger partial charge in [-0.15, -0.1) is 0 Å². The van der Waals surface area contributed by atoms with Crippen LogP contribution in [0.4, 0.5) is 0 Å². The molecule has 0 aliphatic carbocycles. The second-order valence-electron chi connectivity index (χ2n) is 18.5. The Hall–Kier alpha value is -1.02. The molecule has 0 rings (SSSR count). The van der Waals surface area contributed by atoms with E-state index in [1.807, 2.05) is 21.1 Å². The van der Waals surface area contributed by atoms with E-state index in [9.17, 15) is 14.3 Å². The number of allylic oxidation sites excluding steroid dienone is 4. The first-order valence-electron chi connectivity index (χ1n) is 25.6. The Bertz CT molecular complexity index is 1010. The molecule has 0 aromatic heterocycles. The number of nitrogens with zero attached hydrogens (tertiary/aromatic N) is 1. The number of carbonyl (C=O) groups is 1. The van der Waals surface area contributed by atoms with Gasteiger partial charge in [0.15, 0.2) is 0 Å². The topological polar surface area (TPSA) is 94.1 Å². The molecule has 0 spiro atoms. The number of unbranched alkanes of at least 4 members (excludes halogenated alkanes) is 30. The fraction of sp³-hybridized carbons (Fsp3) is 0.902. The van der Waals surface area contributed by atoms with Crippen LogP contribution in [-0.2, 0) is 27.9 Å². The highest BCUT2D eigenvalue weighted by Gasteiger charge is 2.20. The minimum absolute atomic E-state index is 0.0261. The van der Waals surface area contributed by atoms with E-state index in [1.165, 1.54) is 167 Å². The lowest BCUT2D eigenvalue weighted by Gasteiger charge is -2.28. The number of ether oxygens (including phenoxy) is 2. The second kappa shape index (κ2) is 44.6. The maximum absolute atomic E-state index is 12.7. The van der Waals surface area contributed by atoms with E-state index < -0.39 is 13.9 Å². The summed E-state index contributed by atoms with van der Waals surface area (Å²) >= 11 is 0. The van der Waals surface area contributed by atoms with Gasteiger partial charge >= 0.3 is 5.97 Å². The number of carbonyl (C=O) groups excluding carboxylic acids is 1. The van der Waals surface area contributed by atoms with E-state index >= 15 is 0 Å². The van der Waals surface area contributed by atoms with Crippen molar-refractivity contribution in [2.24, 2.45) is 0 Å². The van der Waals surface area contributed by atoms with Gasteiger partial charge in [-0.25, -0.2) is 0 Å². The fourth-order valence-corrected chi connectivity index (χ4v) is 8.00. The third-order valence-electron chi connectivity index (χ3n) is 11.3. The van der Waals surface area contributed by atoms with Gasteiger partial charge in [-0.2, -0.15) is 0 Å². The van der Waals surface area contributed by atoms with Crippen molar-refractivity contribution >= 4 is 13.8 Å². The van der Waals surface area contributed by atoms with Gasteiger partial charge in [-0.3, -0.25) is 9.36 Å². The lowest BCUT2D eigenvalue weighted by atomic mass is 10.0. The van der Waals surface area contributed by atoms with Crippen molar-refractivity contribution in [3.8, 4) is 0 Å². The van der Waals surface area contributed by atoms with Crippen molar-refractivity contribution in [2.75, 3.05) is 54.1 Å². The average molecular weight is 870 g/mol. The van der Waals surface area contributed by atoms with Crippen LogP contribution < -0.4 is 4.89 Å². The number of phosphoric ester groups is 1. The largest absolute Gasteiger partial charge is 0.756 e. The molecule has 0 N–H and O–H groups in total. The quantitative estimate of drug-likeness (QED) is 0.0198. The van der Waals surface area contributed by atoms with Crippen LogP contribution in [-0.4, -0.2) is 70.7 Å². The number of hydrogen-bond acceptors (Lipinski definition) is 7. The molecule has 2 unspecified atom stereocenters. The summed E-state index contributed by atoms with van der Waals surface area (Å²) in [6, 6.07) is 0. The van der Waals surface area contributed by atoms with E-state index in [0.29, 0.717) is 24.1 Å². The maximum atomic E-state index is 12.7. The zero-order valence-electron chi connectivity index (χ0n) is 40.4. The molecule has 0 saturated carbocycles. The minimum Gasteiger partial charge on any atom is -0.756 e. The lowest BCUT2D eigenvalue weighted by Crippen LogP contribution is -2.37. The van der Waals surface area contributed by atoms with Gasteiger partial charge in [0, 0.05) is 13.0 Å². The molecule has 0 bridgehead atoms. The Balaban J connectivity index is 4.08. The predicted molar refractivity (Wildman–Crippen MR) is 254 cm³/mol. The van der Waals surface area contributed by atoms with Crippen molar-refractivity contribution in [1.29, 1.82) is 0 Å². The number of hydrogen-bond donors (Lipinski definition) is 0. The molecular weight excluding hydrogens is 770 g/mol. The third kappa shape index (κ3) is 48.0. The van der Waals surface area contributed by atoms with Crippen molar-refractivity contribution in [2.45, 2.75) is 245 Å². The van der Waals surface area contributed by atoms with Gasteiger partial charge in [0.1, 0.15) is 19.3 Å².